The van der Waals surface area contributed by atoms with E-state index in [9.17, 15) is 15.3 Å². The molecule has 162 valence electrons. The molecule has 0 unspecified atom stereocenters. The molecule has 5 nitrogen and oxygen atoms in total. The molecule has 1 aromatic heterocycles. The molecule has 2 aliphatic rings. The molecule has 0 saturated carbocycles. The van der Waals surface area contributed by atoms with Crippen molar-refractivity contribution >= 4 is 22.9 Å². The molecule has 7 heteroatoms. The minimum atomic E-state index is -1.52. The highest BCUT2D eigenvalue weighted by Gasteiger charge is 2.57. The Morgan fingerprint density at radius 2 is 1.84 bits per heavy atom. The van der Waals surface area contributed by atoms with Gasteiger partial charge in [-0.1, -0.05) is 41.9 Å². The van der Waals surface area contributed by atoms with E-state index in [1.165, 1.54) is 10.4 Å². The summed E-state index contributed by atoms with van der Waals surface area (Å²) in [5, 5.41) is 31.8. The fourth-order valence-electron chi connectivity index (χ4n) is 4.37. The Labute approximate surface area is 189 Å². The maximum Gasteiger partial charge on any atom is 0.225 e. The van der Waals surface area contributed by atoms with Gasteiger partial charge in [0, 0.05) is 26.8 Å². The van der Waals surface area contributed by atoms with E-state index in [-0.39, 0.29) is 6.61 Å². The largest absolute Gasteiger partial charge is 0.388 e. The van der Waals surface area contributed by atoms with E-state index < -0.39 is 30.2 Å². The standard InChI is InChI=1S/C24H23ClO5S/c1-13-21(26)22(27)23(28)24(30-13)18-10-15(19(25)11-16(18)12-29-24)9-17-7-8-20(31-17)14-5-3-2-4-6-14/h2-8,10-11,13,21-23,26-28H,9,12H2,1H3/t13-,21-,22+,23-,24+/m1/s1. The van der Waals surface area contributed by atoms with Crippen molar-refractivity contribution < 1.29 is 24.8 Å². The maximum atomic E-state index is 10.8. The van der Waals surface area contributed by atoms with Crippen LogP contribution in [-0.2, 0) is 28.3 Å². The predicted molar refractivity (Wildman–Crippen MR) is 119 cm³/mol. The lowest BCUT2D eigenvalue weighted by atomic mass is 9.87. The summed E-state index contributed by atoms with van der Waals surface area (Å²) >= 11 is 8.29. The molecule has 3 aromatic rings. The van der Waals surface area contributed by atoms with Gasteiger partial charge in [-0.15, -0.1) is 11.3 Å². The molecule has 2 aliphatic heterocycles. The first-order valence-electron chi connectivity index (χ1n) is 10.2. The van der Waals surface area contributed by atoms with Crippen molar-refractivity contribution in [2.45, 2.75) is 50.2 Å². The third kappa shape index (κ3) is 3.52. The van der Waals surface area contributed by atoms with Gasteiger partial charge in [-0.05, 0) is 47.9 Å². The van der Waals surface area contributed by atoms with E-state index in [0.717, 1.165) is 16.0 Å². The highest BCUT2D eigenvalue weighted by molar-refractivity contribution is 7.15. The second-order valence-corrected chi connectivity index (χ2v) is 9.69. The first-order valence-corrected chi connectivity index (χ1v) is 11.4. The van der Waals surface area contributed by atoms with Crippen LogP contribution in [0, 0.1) is 0 Å². The van der Waals surface area contributed by atoms with Gasteiger partial charge in [0.15, 0.2) is 0 Å². The fraction of sp³-hybridized carbons (Fsp3) is 0.333. The Morgan fingerprint density at radius 3 is 2.61 bits per heavy atom. The molecule has 0 radical (unpaired) electrons. The van der Waals surface area contributed by atoms with Crippen molar-refractivity contribution in [2.75, 3.05) is 0 Å². The lowest BCUT2D eigenvalue weighted by Crippen LogP contribution is -2.62. The summed E-state index contributed by atoms with van der Waals surface area (Å²) in [6.45, 7) is 1.86. The van der Waals surface area contributed by atoms with Crippen LogP contribution in [0.4, 0.5) is 0 Å². The van der Waals surface area contributed by atoms with Crippen molar-refractivity contribution in [1.29, 1.82) is 0 Å². The summed E-state index contributed by atoms with van der Waals surface area (Å²) in [6, 6.07) is 18.1. The number of ether oxygens (including phenoxy) is 2. The zero-order valence-electron chi connectivity index (χ0n) is 16.9. The van der Waals surface area contributed by atoms with Crippen LogP contribution in [0.25, 0.3) is 10.4 Å². The number of aliphatic hydroxyl groups excluding tert-OH is 3. The van der Waals surface area contributed by atoms with Gasteiger partial charge in [-0.3, -0.25) is 0 Å². The average Bonchev–Trinajstić information content (AvgIpc) is 3.38. The maximum absolute atomic E-state index is 10.8. The van der Waals surface area contributed by atoms with E-state index in [2.05, 4.69) is 24.3 Å². The topological polar surface area (TPSA) is 79.2 Å². The number of fused-ring (bicyclic) bond motifs is 2. The summed E-state index contributed by atoms with van der Waals surface area (Å²) in [7, 11) is 0. The van der Waals surface area contributed by atoms with E-state index in [0.29, 0.717) is 17.0 Å². The van der Waals surface area contributed by atoms with Crippen molar-refractivity contribution in [2.24, 2.45) is 0 Å². The number of thiophene rings is 1. The second-order valence-electron chi connectivity index (χ2n) is 8.11. The van der Waals surface area contributed by atoms with Gasteiger partial charge >= 0.3 is 0 Å². The molecule has 2 aromatic carbocycles. The molecule has 1 saturated heterocycles. The minimum absolute atomic E-state index is 0.207. The van der Waals surface area contributed by atoms with Crippen LogP contribution >= 0.6 is 22.9 Å². The van der Waals surface area contributed by atoms with Crippen molar-refractivity contribution in [1.82, 2.24) is 0 Å². The summed E-state index contributed by atoms with van der Waals surface area (Å²) in [5.74, 6) is -1.52. The molecule has 1 fully saturated rings. The lowest BCUT2D eigenvalue weighted by molar-refractivity contribution is -0.362. The molecule has 5 rings (SSSR count). The Kier molecular flexibility index (Phi) is 5.43. The van der Waals surface area contributed by atoms with Crippen LogP contribution < -0.4 is 0 Å². The van der Waals surface area contributed by atoms with E-state index >= 15 is 0 Å². The number of rotatable bonds is 3. The highest BCUT2D eigenvalue weighted by atomic mass is 35.5. The molecule has 3 N–H and O–H groups in total. The fourth-order valence-corrected chi connectivity index (χ4v) is 5.66. The Bertz CT molecular complexity index is 1100. The number of hydrogen-bond donors (Lipinski definition) is 3. The van der Waals surface area contributed by atoms with Gasteiger partial charge < -0.3 is 24.8 Å². The summed E-state index contributed by atoms with van der Waals surface area (Å²) < 4.78 is 11.8. The van der Waals surface area contributed by atoms with Crippen molar-refractivity contribution in [3.05, 3.63) is 81.2 Å². The van der Waals surface area contributed by atoms with Crippen molar-refractivity contribution in [3.8, 4) is 10.4 Å². The SMILES string of the molecule is C[C@H]1O[C@]2(OCc3cc(Cl)c(Cc4ccc(-c5ccccc5)s4)cc32)[C@H](O)[C@@H](O)[C@@H]1O. The van der Waals surface area contributed by atoms with Gasteiger partial charge in [-0.25, -0.2) is 0 Å². The predicted octanol–water partition coefficient (Wildman–Crippen LogP) is 3.84. The van der Waals surface area contributed by atoms with Crippen LogP contribution in [0.15, 0.2) is 54.6 Å². The van der Waals surface area contributed by atoms with Crippen LogP contribution in [0.3, 0.4) is 0 Å². The Morgan fingerprint density at radius 1 is 1.06 bits per heavy atom. The number of benzene rings is 2. The third-order valence-electron chi connectivity index (χ3n) is 6.08. The average molecular weight is 459 g/mol. The first-order chi connectivity index (χ1) is 14.9. The van der Waals surface area contributed by atoms with Gasteiger partial charge in [0.1, 0.15) is 18.3 Å². The minimum Gasteiger partial charge on any atom is -0.388 e. The highest BCUT2D eigenvalue weighted by Crippen LogP contribution is 2.47. The smallest absolute Gasteiger partial charge is 0.225 e. The van der Waals surface area contributed by atoms with Gasteiger partial charge in [0.25, 0.3) is 0 Å². The first kappa shape index (κ1) is 21.1. The van der Waals surface area contributed by atoms with Crippen LogP contribution in [-0.4, -0.2) is 39.7 Å². The van der Waals surface area contributed by atoms with Gasteiger partial charge in [0.2, 0.25) is 5.79 Å². The van der Waals surface area contributed by atoms with E-state index in [1.54, 1.807) is 18.3 Å². The number of aliphatic hydroxyl groups is 3. The quantitative estimate of drug-likeness (QED) is 0.555. The van der Waals surface area contributed by atoms with Crippen LogP contribution in [0.5, 0.6) is 0 Å². The van der Waals surface area contributed by atoms with Crippen LogP contribution in [0.1, 0.15) is 28.5 Å². The van der Waals surface area contributed by atoms with Crippen LogP contribution in [0.2, 0.25) is 5.02 Å². The lowest BCUT2D eigenvalue weighted by Gasteiger charge is -2.45. The summed E-state index contributed by atoms with van der Waals surface area (Å²) in [6.07, 6.45) is -4.06. The molecule has 1 spiro atoms. The Hall–Kier alpha value is -1.77. The molecule has 0 bridgehead atoms. The van der Waals surface area contributed by atoms with Gasteiger partial charge in [0.05, 0.1) is 12.7 Å². The normalized spacial score (nSPS) is 30.0. The molecule has 5 atom stereocenters. The Balaban J connectivity index is 1.48. The molecule has 3 heterocycles. The molecular weight excluding hydrogens is 436 g/mol. The molecule has 0 aliphatic carbocycles. The van der Waals surface area contributed by atoms with Gasteiger partial charge in [-0.2, -0.15) is 0 Å². The van der Waals surface area contributed by atoms with E-state index in [1.807, 2.05) is 30.3 Å². The zero-order valence-corrected chi connectivity index (χ0v) is 18.4. The monoisotopic (exact) mass is 458 g/mol. The van der Waals surface area contributed by atoms with E-state index in [4.69, 9.17) is 21.1 Å². The molecule has 0 amide bonds. The number of hydrogen-bond acceptors (Lipinski definition) is 6. The summed E-state index contributed by atoms with van der Waals surface area (Å²) in [4.78, 5) is 2.34. The third-order valence-corrected chi connectivity index (χ3v) is 7.57. The van der Waals surface area contributed by atoms with Crippen molar-refractivity contribution in [3.63, 3.8) is 0 Å². The number of halogens is 1. The molecular formula is C24H23ClO5S. The zero-order chi connectivity index (χ0) is 21.8. The second kappa shape index (κ2) is 7.98. The molecule has 31 heavy (non-hydrogen) atoms. The summed E-state index contributed by atoms with van der Waals surface area (Å²) in [5.41, 5.74) is 3.51.